The van der Waals surface area contributed by atoms with E-state index in [2.05, 4.69) is 30.0 Å². The van der Waals surface area contributed by atoms with Crippen LogP contribution in [0.1, 0.15) is 5.56 Å². The summed E-state index contributed by atoms with van der Waals surface area (Å²) < 4.78 is 32.9. The number of carbonyl (C=O) groups is 1. The van der Waals surface area contributed by atoms with E-state index in [4.69, 9.17) is 9.47 Å². The van der Waals surface area contributed by atoms with Crippen LogP contribution in [-0.2, 0) is 14.3 Å². The summed E-state index contributed by atoms with van der Waals surface area (Å²) in [5.74, 6) is 0.173. The van der Waals surface area contributed by atoms with Gasteiger partial charge in [0.2, 0.25) is 6.86 Å². The first kappa shape index (κ1) is 20.0. The van der Waals surface area contributed by atoms with Crippen molar-refractivity contribution in [1.82, 2.24) is 9.36 Å². The highest BCUT2D eigenvalue weighted by Gasteiger charge is 2.19. The van der Waals surface area contributed by atoms with Gasteiger partial charge in [0.25, 0.3) is 5.19 Å². The van der Waals surface area contributed by atoms with Crippen LogP contribution in [0, 0.1) is 0 Å². The minimum atomic E-state index is -1.07. The zero-order valence-electron chi connectivity index (χ0n) is 14.6. The zero-order chi connectivity index (χ0) is 19.9. The van der Waals surface area contributed by atoms with Gasteiger partial charge in [-0.15, -0.1) is 0 Å². The molecule has 0 atom stereocenters. The first-order valence-corrected chi connectivity index (χ1v) is 9.52. The Morgan fingerprint density at radius 3 is 2.68 bits per heavy atom. The van der Waals surface area contributed by atoms with Crippen molar-refractivity contribution in [2.75, 3.05) is 14.0 Å². The molecule has 1 aromatic heterocycles. The Bertz CT molecular complexity index is 992. The highest BCUT2D eigenvalue weighted by atomic mass is 79.9. The molecular weight excluding hydrogens is 451 g/mol. The topological polar surface area (TPSA) is 70.5 Å². The van der Waals surface area contributed by atoms with Crippen molar-refractivity contribution >= 4 is 39.0 Å². The van der Waals surface area contributed by atoms with Crippen LogP contribution >= 0.6 is 27.5 Å². The number of aromatic nitrogens is 2. The number of hydrogen-bond acceptors (Lipinski definition) is 7. The number of ether oxygens (including phenoxy) is 3. The smallest absolute Gasteiger partial charge is 0.341 e. The maximum absolute atomic E-state index is 12.4. The number of benzene rings is 2. The lowest BCUT2D eigenvalue weighted by Gasteiger charge is -2.10. The predicted molar refractivity (Wildman–Crippen MR) is 107 cm³/mol. The lowest BCUT2D eigenvalue weighted by atomic mass is 10.1. The Morgan fingerprint density at radius 1 is 1.21 bits per heavy atom. The number of carbonyl (C=O) groups excluding carboxylic acids is 1. The van der Waals surface area contributed by atoms with Crippen LogP contribution in [0.15, 0.2) is 59.3 Å². The quantitative estimate of drug-likeness (QED) is 0.271. The molecule has 0 bridgehead atoms. The normalized spacial score (nSPS) is 11.2. The average molecular weight is 465 g/mol. The number of para-hydroxylation sites is 1. The molecule has 0 aliphatic carbocycles. The van der Waals surface area contributed by atoms with Crippen LogP contribution in [0.4, 0.5) is 4.39 Å². The highest BCUT2D eigenvalue weighted by Crippen LogP contribution is 2.33. The van der Waals surface area contributed by atoms with E-state index >= 15 is 0 Å². The van der Waals surface area contributed by atoms with Gasteiger partial charge in [0.15, 0.2) is 5.82 Å². The van der Waals surface area contributed by atoms with Crippen molar-refractivity contribution in [3.63, 3.8) is 0 Å². The molecule has 0 aliphatic heterocycles. The van der Waals surface area contributed by atoms with E-state index in [-0.39, 0.29) is 5.57 Å². The van der Waals surface area contributed by atoms with Gasteiger partial charge in [-0.1, -0.05) is 46.3 Å². The number of nitrogens with zero attached hydrogens (tertiary/aromatic N) is 2. The van der Waals surface area contributed by atoms with E-state index < -0.39 is 12.8 Å². The van der Waals surface area contributed by atoms with Crippen LogP contribution < -0.4 is 4.74 Å². The molecule has 0 amide bonds. The van der Waals surface area contributed by atoms with E-state index in [1.54, 1.807) is 24.3 Å². The first-order chi connectivity index (χ1) is 13.6. The third-order valence-electron chi connectivity index (χ3n) is 3.55. The van der Waals surface area contributed by atoms with Crippen molar-refractivity contribution in [1.29, 1.82) is 0 Å². The molecule has 0 unspecified atom stereocenters. The third-order valence-corrected chi connectivity index (χ3v) is 4.68. The molecule has 3 rings (SSSR count). The number of esters is 1. The zero-order valence-corrected chi connectivity index (χ0v) is 17.0. The number of rotatable bonds is 7. The van der Waals surface area contributed by atoms with Crippen LogP contribution in [-0.4, -0.2) is 29.3 Å². The fraction of sp³-hybridized carbons (Fsp3) is 0.105. The molecule has 0 N–H and O–H groups in total. The van der Waals surface area contributed by atoms with Crippen molar-refractivity contribution in [3.8, 4) is 22.3 Å². The van der Waals surface area contributed by atoms with Crippen molar-refractivity contribution < 1.29 is 23.4 Å². The Labute approximate surface area is 172 Å². The fourth-order valence-electron chi connectivity index (χ4n) is 2.29. The SMILES string of the molecule is COC(=O)C(=COCF)c1ccccc1Oc1nc(-c2ccc(Br)cc2)ns1. The highest BCUT2D eigenvalue weighted by molar-refractivity contribution is 9.10. The van der Waals surface area contributed by atoms with Gasteiger partial charge < -0.3 is 14.2 Å². The summed E-state index contributed by atoms with van der Waals surface area (Å²) in [6, 6.07) is 14.3. The molecule has 144 valence electrons. The van der Waals surface area contributed by atoms with Crippen LogP contribution in [0.3, 0.4) is 0 Å². The fourth-order valence-corrected chi connectivity index (χ4v) is 3.12. The Kier molecular flexibility index (Phi) is 6.72. The van der Waals surface area contributed by atoms with E-state index in [0.29, 0.717) is 22.3 Å². The minimum Gasteiger partial charge on any atom is -0.470 e. The standard InChI is InChI=1S/C19H14BrFN2O4S/c1-25-18(24)15(10-26-11-21)14-4-2-3-5-16(14)27-19-22-17(23-28-19)12-6-8-13(20)9-7-12/h2-10H,11H2,1H3. The second kappa shape index (κ2) is 9.43. The van der Waals surface area contributed by atoms with Gasteiger partial charge in [0.1, 0.15) is 17.6 Å². The molecule has 0 saturated heterocycles. The van der Waals surface area contributed by atoms with Crippen molar-refractivity contribution in [2.45, 2.75) is 0 Å². The van der Waals surface area contributed by atoms with E-state index in [1.165, 1.54) is 7.11 Å². The number of methoxy groups -OCH3 is 1. The Morgan fingerprint density at radius 2 is 1.96 bits per heavy atom. The number of alkyl halides is 1. The summed E-state index contributed by atoms with van der Waals surface area (Å²) in [4.78, 5) is 16.4. The van der Waals surface area contributed by atoms with Gasteiger partial charge in [0.05, 0.1) is 7.11 Å². The number of hydrogen-bond donors (Lipinski definition) is 0. The van der Waals surface area contributed by atoms with Crippen LogP contribution in [0.25, 0.3) is 17.0 Å². The molecule has 0 saturated carbocycles. The molecular formula is C19H14BrFN2O4S. The van der Waals surface area contributed by atoms with Crippen molar-refractivity contribution in [3.05, 3.63) is 64.8 Å². The summed E-state index contributed by atoms with van der Waals surface area (Å²) in [6.07, 6.45) is 1.00. The van der Waals surface area contributed by atoms with E-state index in [0.717, 1.165) is 27.8 Å². The molecule has 1 heterocycles. The molecule has 6 nitrogen and oxygen atoms in total. The summed E-state index contributed by atoms with van der Waals surface area (Å²) in [7, 11) is 1.23. The second-order valence-corrected chi connectivity index (χ2v) is 6.92. The van der Waals surface area contributed by atoms with Gasteiger partial charge in [-0.05, 0) is 18.2 Å². The molecule has 0 aliphatic rings. The maximum atomic E-state index is 12.4. The molecule has 9 heteroatoms. The predicted octanol–water partition coefficient (Wildman–Crippen LogP) is 5.22. The molecule has 28 heavy (non-hydrogen) atoms. The summed E-state index contributed by atoms with van der Waals surface area (Å²) in [6.45, 7) is -1.07. The minimum absolute atomic E-state index is 0.0217. The maximum Gasteiger partial charge on any atom is 0.341 e. The molecule has 0 radical (unpaired) electrons. The van der Waals surface area contributed by atoms with Crippen LogP contribution in [0.5, 0.6) is 10.9 Å². The van der Waals surface area contributed by atoms with Gasteiger partial charge in [0, 0.05) is 27.1 Å². The monoisotopic (exact) mass is 464 g/mol. The van der Waals surface area contributed by atoms with Gasteiger partial charge >= 0.3 is 5.97 Å². The molecule has 0 spiro atoms. The summed E-state index contributed by atoms with van der Waals surface area (Å²) >= 11 is 4.46. The summed E-state index contributed by atoms with van der Waals surface area (Å²) in [5.41, 5.74) is 1.24. The van der Waals surface area contributed by atoms with Crippen LogP contribution in [0.2, 0.25) is 0 Å². The molecule has 2 aromatic carbocycles. The van der Waals surface area contributed by atoms with E-state index in [9.17, 15) is 9.18 Å². The average Bonchev–Trinajstić information content (AvgIpc) is 3.18. The molecule has 0 fully saturated rings. The summed E-state index contributed by atoms with van der Waals surface area (Å²) in [5, 5.41) is 0.293. The number of halogens is 2. The first-order valence-electron chi connectivity index (χ1n) is 7.95. The van der Waals surface area contributed by atoms with Gasteiger partial charge in [-0.2, -0.15) is 9.36 Å². The Balaban J connectivity index is 1.89. The largest absolute Gasteiger partial charge is 0.470 e. The second-order valence-electron chi connectivity index (χ2n) is 5.29. The van der Waals surface area contributed by atoms with Crippen molar-refractivity contribution in [2.24, 2.45) is 0 Å². The molecule has 3 aromatic rings. The third kappa shape index (κ3) is 4.73. The van der Waals surface area contributed by atoms with Gasteiger partial charge in [-0.3, -0.25) is 0 Å². The lowest BCUT2D eigenvalue weighted by molar-refractivity contribution is -0.133. The van der Waals surface area contributed by atoms with Gasteiger partial charge in [-0.25, -0.2) is 9.18 Å². The van der Waals surface area contributed by atoms with E-state index in [1.807, 2.05) is 24.3 Å². The lowest BCUT2D eigenvalue weighted by Crippen LogP contribution is -2.06. The Hall–Kier alpha value is -2.78.